The maximum absolute atomic E-state index is 12.1. The van der Waals surface area contributed by atoms with E-state index in [0.29, 0.717) is 23.5 Å². The molecule has 5 atom stereocenters. The van der Waals surface area contributed by atoms with Crippen LogP contribution in [-0.4, -0.2) is 34.7 Å². The highest BCUT2D eigenvalue weighted by Crippen LogP contribution is 2.36. The molecule has 0 aromatic heterocycles. The zero-order chi connectivity index (χ0) is 14.0. The van der Waals surface area contributed by atoms with Crippen molar-refractivity contribution in [2.45, 2.75) is 57.9 Å². The van der Waals surface area contributed by atoms with Crippen LogP contribution < -0.4 is 0 Å². The summed E-state index contributed by atoms with van der Waals surface area (Å²) >= 11 is 1.31. The lowest BCUT2D eigenvalue weighted by Crippen LogP contribution is -2.38. The summed E-state index contributed by atoms with van der Waals surface area (Å²) < 4.78 is 10.8. The molecule has 0 aromatic carbocycles. The van der Waals surface area contributed by atoms with Gasteiger partial charge in [-0.2, -0.15) is 0 Å². The molecule has 5 heteroatoms. The molecule has 0 bridgehead atoms. The van der Waals surface area contributed by atoms with Gasteiger partial charge in [-0.05, 0) is 30.6 Å². The Morgan fingerprint density at radius 3 is 2.74 bits per heavy atom. The number of hydrogen-bond donors (Lipinski definition) is 1. The molecule has 0 aromatic rings. The Labute approximate surface area is 119 Å². The highest BCUT2D eigenvalue weighted by Gasteiger charge is 2.37. The number of thioether (sulfide) groups is 1. The lowest BCUT2D eigenvalue weighted by molar-refractivity contribution is -0.172. The van der Waals surface area contributed by atoms with E-state index in [-0.39, 0.29) is 12.1 Å². The third-order valence-corrected chi connectivity index (χ3v) is 5.18. The third kappa shape index (κ3) is 3.86. The number of hydrogen-bond acceptors (Lipinski definition) is 5. The molecule has 0 radical (unpaired) electrons. The zero-order valence-electron chi connectivity index (χ0n) is 11.9. The minimum atomic E-state index is -0.839. The third-order valence-electron chi connectivity index (χ3n) is 4.09. The van der Waals surface area contributed by atoms with Crippen molar-refractivity contribution in [3.8, 4) is 0 Å². The average Bonchev–Trinajstić information content (AvgIpc) is 2.75. The summed E-state index contributed by atoms with van der Waals surface area (Å²) in [6.07, 6.45) is 2.43. The number of aliphatic hydroxyl groups is 1. The zero-order valence-corrected chi connectivity index (χ0v) is 12.7. The summed E-state index contributed by atoms with van der Waals surface area (Å²) in [5.74, 6) is 1.68. The summed E-state index contributed by atoms with van der Waals surface area (Å²) in [7, 11) is 0. The van der Waals surface area contributed by atoms with Gasteiger partial charge >= 0.3 is 5.97 Å². The monoisotopic (exact) mass is 288 g/mol. The predicted molar refractivity (Wildman–Crippen MR) is 74.6 cm³/mol. The highest BCUT2D eigenvalue weighted by atomic mass is 32.2. The van der Waals surface area contributed by atoms with Gasteiger partial charge in [0.1, 0.15) is 6.10 Å². The van der Waals surface area contributed by atoms with Crippen molar-refractivity contribution in [1.29, 1.82) is 0 Å². The molecule has 1 aliphatic heterocycles. The number of rotatable bonds is 3. The van der Waals surface area contributed by atoms with Gasteiger partial charge in [-0.25, -0.2) is 4.79 Å². The Morgan fingerprint density at radius 1 is 1.42 bits per heavy atom. The van der Waals surface area contributed by atoms with E-state index in [1.807, 2.05) is 0 Å². The summed E-state index contributed by atoms with van der Waals surface area (Å²) in [6, 6.07) is 0. The first-order valence-corrected chi connectivity index (χ1v) is 8.18. The fourth-order valence-electron chi connectivity index (χ4n) is 2.97. The summed E-state index contributed by atoms with van der Waals surface area (Å²) in [5.41, 5.74) is -0.653. The van der Waals surface area contributed by atoms with Crippen LogP contribution in [0, 0.1) is 17.8 Å². The van der Waals surface area contributed by atoms with Crippen LogP contribution in [0.2, 0.25) is 0 Å². The van der Waals surface area contributed by atoms with Gasteiger partial charge in [0.2, 0.25) is 5.44 Å². The number of esters is 1. The Hall–Kier alpha value is -0.260. The first-order valence-electron chi connectivity index (χ1n) is 7.13. The van der Waals surface area contributed by atoms with Gasteiger partial charge in [0, 0.05) is 5.75 Å². The minimum absolute atomic E-state index is 0.00167. The van der Waals surface area contributed by atoms with Gasteiger partial charge in [-0.1, -0.05) is 27.2 Å². The maximum atomic E-state index is 12.1. The van der Waals surface area contributed by atoms with Crippen LogP contribution in [0.15, 0.2) is 0 Å². The largest absolute Gasteiger partial charge is 0.459 e. The molecule has 110 valence electrons. The molecule has 1 heterocycles. The van der Waals surface area contributed by atoms with Crippen molar-refractivity contribution in [2.75, 3.05) is 5.75 Å². The normalized spacial score (nSPS) is 39.5. The van der Waals surface area contributed by atoms with Crippen LogP contribution in [-0.2, 0) is 14.3 Å². The van der Waals surface area contributed by atoms with Crippen LogP contribution in [0.1, 0.15) is 40.0 Å². The number of carbonyl (C=O) groups excluding carboxylic acids is 1. The summed E-state index contributed by atoms with van der Waals surface area (Å²) in [6.45, 7) is 6.58. The first-order chi connectivity index (χ1) is 8.97. The van der Waals surface area contributed by atoms with Crippen molar-refractivity contribution in [2.24, 2.45) is 17.8 Å². The molecular formula is C14H24O4S. The second-order valence-corrected chi connectivity index (χ2v) is 7.15. The molecule has 1 N–H and O–H groups in total. The Balaban J connectivity index is 1.92. The molecule has 2 rings (SSSR count). The van der Waals surface area contributed by atoms with Gasteiger partial charge < -0.3 is 14.6 Å². The molecular weight excluding hydrogens is 264 g/mol. The van der Waals surface area contributed by atoms with Crippen LogP contribution in [0.25, 0.3) is 0 Å². The minimum Gasteiger partial charge on any atom is -0.459 e. The molecule has 1 aliphatic carbocycles. The van der Waals surface area contributed by atoms with Crippen molar-refractivity contribution in [3.05, 3.63) is 0 Å². The topological polar surface area (TPSA) is 55.8 Å². The molecule has 2 aliphatic rings. The highest BCUT2D eigenvalue weighted by molar-refractivity contribution is 8.00. The quantitative estimate of drug-likeness (QED) is 0.808. The van der Waals surface area contributed by atoms with Crippen LogP contribution in [0.5, 0.6) is 0 Å². The first kappa shape index (κ1) is 15.1. The van der Waals surface area contributed by atoms with Crippen molar-refractivity contribution in [3.63, 3.8) is 0 Å². The molecule has 2 unspecified atom stereocenters. The van der Waals surface area contributed by atoms with E-state index in [2.05, 4.69) is 20.8 Å². The van der Waals surface area contributed by atoms with E-state index in [4.69, 9.17) is 9.47 Å². The van der Waals surface area contributed by atoms with Crippen LogP contribution in [0.4, 0.5) is 0 Å². The van der Waals surface area contributed by atoms with Gasteiger partial charge in [0.25, 0.3) is 0 Å². The van der Waals surface area contributed by atoms with Crippen molar-refractivity contribution >= 4 is 17.7 Å². The molecule has 19 heavy (non-hydrogen) atoms. The van der Waals surface area contributed by atoms with Crippen LogP contribution in [0.3, 0.4) is 0 Å². The second-order valence-electron chi connectivity index (χ2n) is 6.06. The van der Waals surface area contributed by atoms with E-state index in [9.17, 15) is 9.90 Å². The second kappa shape index (κ2) is 6.46. The van der Waals surface area contributed by atoms with E-state index in [0.717, 1.165) is 12.8 Å². The standard InChI is InChI=1S/C14H24O4S/c1-8(2)10-5-4-9(3)6-11(10)17-13(16)14-18-12(15)7-19-14/h8-12,14-15H,4-7H2,1-3H3/t9?,10?,11-,12+,14-/m1/s1. The Bertz CT molecular complexity index is 321. The fraction of sp³-hybridized carbons (Fsp3) is 0.929. The van der Waals surface area contributed by atoms with E-state index >= 15 is 0 Å². The van der Waals surface area contributed by atoms with Crippen LogP contribution >= 0.6 is 11.8 Å². The van der Waals surface area contributed by atoms with Gasteiger partial charge in [-0.15, -0.1) is 11.8 Å². The van der Waals surface area contributed by atoms with E-state index < -0.39 is 11.7 Å². The number of ether oxygens (including phenoxy) is 2. The molecule has 4 nitrogen and oxygen atoms in total. The Morgan fingerprint density at radius 2 is 2.16 bits per heavy atom. The van der Waals surface area contributed by atoms with Gasteiger partial charge in [-0.3, -0.25) is 0 Å². The summed E-state index contributed by atoms with van der Waals surface area (Å²) in [5, 5.41) is 9.29. The molecule has 1 saturated heterocycles. The number of aliphatic hydroxyl groups excluding tert-OH is 1. The molecule has 0 spiro atoms. The maximum Gasteiger partial charge on any atom is 0.346 e. The number of carbonyl (C=O) groups is 1. The van der Waals surface area contributed by atoms with E-state index in [1.165, 1.54) is 18.2 Å². The summed E-state index contributed by atoms with van der Waals surface area (Å²) in [4.78, 5) is 12.1. The van der Waals surface area contributed by atoms with Gasteiger partial charge in [0.15, 0.2) is 6.29 Å². The van der Waals surface area contributed by atoms with Crippen molar-refractivity contribution < 1.29 is 19.4 Å². The van der Waals surface area contributed by atoms with Gasteiger partial charge in [0.05, 0.1) is 0 Å². The average molecular weight is 288 g/mol. The lowest BCUT2D eigenvalue weighted by Gasteiger charge is -2.37. The molecule has 0 amide bonds. The molecule has 1 saturated carbocycles. The van der Waals surface area contributed by atoms with Crippen molar-refractivity contribution in [1.82, 2.24) is 0 Å². The SMILES string of the molecule is CC1CCC(C(C)C)[C@H](OC(=O)[C@@H]2O[C@H](O)CS2)C1. The lowest BCUT2D eigenvalue weighted by atomic mass is 9.75. The smallest absolute Gasteiger partial charge is 0.346 e. The molecule has 2 fully saturated rings. The van der Waals surface area contributed by atoms with E-state index in [1.54, 1.807) is 0 Å². The predicted octanol–water partition coefficient (Wildman–Crippen LogP) is 2.40. The fourth-order valence-corrected chi connectivity index (χ4v) is 3.79. The Kier molecular flexibility index (Phi) is 5.15.